The van der Waals surface area contributed by atoms with Crippen molar-refractivity contribution in [3.05, 3.63) is 35.0 Å². The van der Waals surface area contributed by atoms with Crippen LogP contribution >= 0.6 is 0 Å². The third-order valence-electron chi connectivity index (χ3n) is 4.54. The molecule has 0 aliphatic carbocycles. The van der Waals surface area contributed by atoms with Gasteiger partial charge in [-0.05, 0) is 49.4 Å². The average Bonchev–Trinajstić information content (AvgIpc) is 2.83. The molecule has 0 saturated carbocycles. The van der Waals surface area contributed by atoms with E-state index in [9.17, 15) is 14.7 Å². The summed E-state index contributed by atoms with van der Waals surface area (Å²) in [6.45, 7) is 10.2. The lowest BCUT2D eigenvalue weighted by atomic mass is 10.0. The Kier molecular flexibility index (Phi) is 5.32. The van der Waals surface area contributed by atoms with Crippen molar-refractivity contribution in [2.24, 2.45) is 5.92 Å². The number of benzene rings is 1. The molecule has 2 N–H and O–H groups in total. The number of amides is 1. The van der Waals surface area contributed by atoms with E-state index in [4.69, 9.17) is 0 Å². The molecule has 5 heteroatoms. The van der Waals surface area contributed by atoms with Gasteiger partial charge in [-0.2, -0.15) is 0 Å². The van der Waals surface area contributed by atoms with Crippen LogP contribution in [0.4, 0.5) is 0 Å². The Labute approximate surface area is 142 Å². The number of fused-ring (bicyclic) bond motifs is 1. The van der Waals surface area contributed by atoms with Gasteiger partial charge < -0.3 is 15.0 Å². The lowest BCUT2D eigenvalue weighted by Gasteiger charge is -2.19. The third kappa shape index (κ3) is 3.16. The first kappa shape index (κ1) is 18.0. The predicted molar refractivity (Wildman–Crippen MR) is 95.5 cm³/mol. The highest BCUT2D eigenvalue weighted by atomic mass is 16.4. The van der Waals surface area contributed by atoms with E-state index in [1.807, 2.05) is 24.5 Å². The zero-order valence-corrected chi connectivity index (χ0v) is 15.0. The van der Waals surface area contributed by atoms with E-state index < -0.39 is 12.0 Å². The minimum atomic E-state index is -1.01. The Balaban J connectivity index is 2.52. The normalized spacial score (nSPS) is 12.6. The van der Waals surface area contributed by atoms with E-state index in [0.717, 1.165) is 22.9 Å². The molecule has 0 aliphatic rings. The number of nitrogens with one attached hydrogen (secondary N) is 1. The van der Waals surface area contributed by atoms with Gasteiger partial charge in [0.2, 0.25) is 0 Å². The molecule has 1 atom stereocenters. The topological polar surface area (TPSA) is 71.3 Å². The SMILES string of the molecule is CCc1ccc2c(c1)c(C)c(C(=O)NC(C(=O)O)C(C)C)n2CC. The summed E-state index contributed by atoms with van der Waals surface area (Å²) in [7, 11) is 0. The van der Waals surface area contributed by atoms with Crippen molar-refractivity contribution in [1.82, 2.24) is 9.88 Å². The number of aromatic nitrogens is 1. The number of carboxylic acids is 1. The van der Waals surface area contributed by atoms with Crippen LogP contribution < -0.4 is 5.32 Å². The summed E-state index contributed by atoms with van der Waals surface area (Å²) in [5, 5.41) is 13.1. The van der Waals surface area contributed by atoms with Gasteiger partial charge in [0.25, 0.3) is 5.91 Å². The molecule has 130 valence electrons. The molecule has 0 bridgehead atoms. The number of carboxylic acid groups (broad SMARTS) is 1. The predicted octanol–water partition coefficient (Wildman–Crippen LogP) is 3.37. The molecule has 0 saturated heterocycles. The van der Waals surface area contributed by atoms with Crippen molar-refractivity contribution >= 4 is 22.8 Å². The molecule has 2 rings (SSSR count). The summed E-state index contributed by atoms with van der Waals surface area (Å²) in [6, 6.07) is 5.33. The number of carbonyl (C=O) groups is 2. The van der Waals surface area contributed by atoms with E-state index in [2.05, 4.69) is 24.4 Å². The average molecular weight is 330 g/mol. The van der Waals surface area contributed by atoms with Gasteiger partial charge in [-0.3, -0.25) is 4.79 Å². The summed E-state index contributed by atoms with van der Waals surface area (Å²) in [5.41, 5.74) is 3.67. The smallest absolute Gasteiger partial charge is 0.326 e. The van der Waals surface area contributed by atoms with Crippen LogP contribution in [0.1, 0.15) is 49.3 Å². The molecule has 0 radical (unpaired) electrons. The van der Waals surface area contributed by atoms with Crippen molar-refractivity contribution in [3.8, 4) is 0 Å². The van der Waals surface area contributed by atoms with Crippen molar-refractivity contribution in [1.29, 1.82) is 0 Å². The maximum atomic E-state index is 12.8. The molecule has 0 aliphatic heterocycles. The Hall–Kier alpha value is -2.30. The van der Waals surface area contributed by atoms with E-state index in [0.29, 0.717) is 12.2 Å². The van der Waals surface area contributed by atoms with Gasteiger partial charge in [0.15, 0.2) is 0 Å². The lowest BCUT2D eigenvalue weighted by molar-refractivity contribution is -0.140. The van der Waals surface area contributed by atoms with E-state index in [-0.39, 0.29) is 11.8 Å². The van der Waals surface area contributed by atoms with Gasteiger partial charge in [0.05, 0.1) is 0 Å². The second-order valence-corrected chi connectivity index (χ2v) is 6.46. The van der Waals surface area contributed by atoms with E-state index in [1.54, 1.807) is 13.8 Å². The molecule has 24 heavy (non-hydrogen) atoms. The van der Waals surface area contributed by atoms with Gasteiger partial charge >= 0.3 is 5.97 Å². The van der Waals surface area contributed by atoms with Crippen LogP contribution in [0.25, 0.3) is 10.9 Å². The van der Waals surface area contributed by atoms with Crippen LogP contribution in [-0.2, 0) is 17.8 Å². The highest BCUT2D eigenvalue weighted by Crippen LogP contribution is 2.27. The maximum Gasteiger partial charge on any atom is 0.326 e. The Morgan fingerprint density at radius 1 is 1.25 bits per heavy atom. The van der Waals surface area contributed by atoms with Gasteiger partial charge in [0.1, 0.15) is 11.7 Å². The number of aliphatic carboxylic acids is 1. The summed E-state index contributed by atoms with van der Waals surface area (Å²) in [6.07, 6.45) is 0.933. The number of carbonyl (C=O) groups excluding carboxylic acids is 1. The maximum absolute atomic E-state index is 12.8. The molecule has 2 aromatic rings. The highest BCUT2D eigenvalue weighted by molar-refractivity contribution is 6.03. The van der Waals surface area contributed by atoms with Crippen LogP contribution in [-0.4, -0.2) is 27.6 Å². The highest BCUT2D eigenvalue weighted by Gasteiger charge is 2.27. The molecular formula is C19H26N2O3. The van der Waals surface area contributed by atoms with Crippen LogP contribution in [0, 0.1) is 12.8 Å². The van der Waals surface area contributed by atoms with Crippen LogP contribution in [0.2, 0.25) is 0 Å². The number of nitrogens with zero attached hydrogens (tertiary/aromatic N) is 1. The molecule has 0 fully saturated rings. The molecule has 1 aromatic heterocycles. The molecule has 0 spiro atoms. The van der Waals surface area contributed by atoms with Crippen LogP contribution in [0.3, 0.4) is 0 Å². The summed E-state index contributed by atoms with van der Waals surface area (Å²) in [4.78, 5) is 24.2. The molecule has 5 nitrogen and oxygen atoms in total. The Morgan fingerprint density at radius 2 is 1.92 bits per heavy atom. The third-order valence-corrected chi connectivity index (χ3v) is 4.54. The van der Waals surface area contributed by atoms with Gasteiger partial charge in [-0.15, -0.1) is 0 Å². The molecule has 1 unspecified atom stereocenters. The lowest BCUT2D eigenvalue weighted by Crippen LogP contribution is -2.45. The van der Waals surface area contributed by atoms with Gasteiger partial charge in [0, 0.05) is 17.4 Å². The van der Waals surface area contributed by atoms with Crippen LogP contribution in [0.5, 0.6) is 0 Å². The first-order valence-corrected chi connectivity index (χ1v) is 8.47. The molecule has 1 amide bonds. The van der Waals surface area contributed by atoms with Gasteiger partial charge in [-0.1, -0.05) is 26.8 Å². The second-order valence-electron chi connectivity index (χ2n) is 6.46. The van der Waals surface area contributed by atoms with Crippen LogP contribution in [0.15, 0.2) is 18.2 Å². The van der Waals surface area contributed by atoms with Crippen molar-refractivity contribution < 1.29 is 14.7 Å². The fourth-order valence-electron chi connectivity index (χ4n) is 3.13. The number of hydrogen-bond donors (Lipinski definition) is 2. The fourth-order valence-corrected chi connectivity index (χ4v) is 3.13. The molecule has 1 heterocycles. The summed E-state index contributed by atoms with van der Waals surface area (Å²) in [5.74, 6) is -1.52. The monoisotopic (exact) mass is 330 g/mol. The second kappa shape index (κ2) is 7.07. The minimum Gasteiger partial charge on any atom is -0.480 e. The minimum absolute atomic E-state index is 0.182. The molecule has 1 aromatic carbocycles. The molecular weight excluding hydrogens is 304 g/mol. The quantitative estimate of drug-likeness (QED) is 0.853. The van der Waals surface area contributed by atoms with Crippen molar-refractivity contribution in [2.45, 2.75) is 53.6 Å². The first-order chi connectivity index (χ1) is 11.3. The Bertz CT molecular complexity index is 775. The van der Waals surface area contributed by atoms with Crippen molar-refractivity contribution in [2.75, 3.05) is 0 Å². The number of rotatable bonds is 6. The zero-order chi connectivity index (χ0) is 18.0. The number of hydrogen-bond acceptors (Lipinski definition) is 2. The summed E-state index contributed by atoms with van der Waals surface area (Å²) >= 11 is 0. The first-order valence-electron chi connectivity index (χ1n) is 8.47. The standard InChI is InChI=1S/C19H26N2O3/c1-6-13-8-9-15-14(10-13)12(5)17(21(15)7-2)18(22)20-16(11(3)4)19(23)24/h8-11,16H,6-7H2,1-5H3,(H,20,22)(H,23,24). The fraction of sp³-hybridized carbons (Fsp3) is 0.474. The zero-order valence-electron chi connectivity index (χ0n) is 15.0. The van der Waals surface area contributed by atoms with Crippen molar-refractivity contribution in [3.63, 3.8) is 0 Å². The van der Waals surface area contributed by atoms with Gasteiger partial charge in [-0.25, -0.2) is 4.79 Å². The van der Waals surface area contributed by atoms with E-state index >= 15 is 0 Å². The Morgan fingerprint density at radius 3 is 2.42 bits per heavy atom. The number of aryl methyl sites for hydroxylation is 3. The summed E-state index contributed by atoms with van der Waals surface area (Å²) < 4.78 is 1.96. The largest absolute Gasteiger partial charge is 0.480 e. The van der Waals surface area contributed by atoms with E-state index in [1.165, 1.54) is 5.56 Å².